The van der Waals surface area contributed by atoms with Crippen LogP contribution >= 0.6 is 0 Å². The molecule has 0 bridgehead atoms. The van der Waals surface area contributed by atoms with E-state index in [1.807, 2.05) is 17.9 Å². The number of hydrogen-bond donors (Lipinski definition) is 0. The van der Waals surface area contributed by atoms with Crippen LogP contribution in [0.3, 0.4) is 0 Å². The van der Waals surface area contributed by atoms with Crippen molar-refractivity contribution in [1.29, 1.82) is 0 Å². The minimum atomic E-state index is -0.347. The Hall–Kier alpha value is -1.93. The highest BCUT2D eigenvalue weighted by atomic mass is 16.1. The van der Waals surface area contributed by atoms with Crippen LogP contribution in [0.25, 0.3) is 10.9 Å². The zero-order chi connectivity index (χ0) is 12.6. The zero-order valence-corrected chi connectivity index (χ0v) is 10.4. The fourth-order valence-corrected chi connectivity index (χ4v) is 2.95. The molecule has 1 aromatic heterocycles. The topological polar surface area (TPSA) is 47.2 Å². The maximum Gasteiger partial charge on any atom is 0.235 e. The van der Waals surface area contributed by atoms with E-state index in [1.54, 1.807) is 6.08 Å². The Labute approximate surface area is 105 Å². The molecule has 0 saturated heterocycles. The molecule has 0 N–H and O–H groups in total. The number of aromatic nitrogens is 2. The molecule has 4 heteroatoms. The number of nitrogens with zero attached hydrogens (tertiary/aromatic N) is 3. The summed E-state index contributed by atoms with van der Waals surface area (Å²) in [6.07, 6.45) is 7.72. The highest BCUT2D eigenvalue weighted by Crippen LogP contribution is 2.42. The number of aliphatic imine (C=N–C) groups is 1. The van der Waals surface area contributed by atoms with E-state index in [0.717, 1.165) is 42.1 Å². The summed E-state index contributed by atoms with van der Waals surface area (Å²) in [6.45, 7) is 0. The molecule has 1 aliphatic carbocycles. The van der Waals surface area contributed by atoms with Gasteiger partial charge in [0.1, 0.15) is 0 Å². The van der Waals surface area contributed by atoms with Crippen LogP contribution in [0.4, 0.5) is 0 Å². The second-order valence-corrected chi connectivity index (χ2v) is 4.98. The van der Waals surface area contributed by atoms with Gasteiger partial charge in [-0.05, 0) is 24.5 Å². The molecule has 0 atom stereocenters. The maximum absolute atomic E-state index is 10.7. The molecular weight excluding hydrogens is 226 g/mol. The third-order valence-corrected chi connectivity index (χ3v) is 3.98. The Morgan fingerprint density at radius 3 is 2.89 bits per heavy atom. The normalized spacial score (nSPS) is 17.8. The zero-order valence-electron chi connectivity index (χ0n) is 10.4. The quantitative estimate of drug-likeness (QED) is 0.599. The van der Waals surface area contributed by atoms with E-state index in [0.29, 0.717) is 0 Å². The molecule has 1 heterocycles. The van der Waals surface area contributed by atoms with E-state index < -0.39 is 0 Å². The fourth-order valence-electron chi connectivity index (χ4n) is 2.95. The molecule has 1 saturated carbocycles. The molecule has 92 valence electrons. The van der Waals surface area contributed by atoms with Crippen molar-refractivity contribution in [3.63, 3.8) is 0 Å². The summed E-state index contributed by atoms with van der Waals surface area (Å²) in [5, 5.41) is 5.36. The summed E-state index contributed by atoms with van der Waals surface area (Å²) in [5.74, 6) is 0. The van der Waals surface area contributed by atoms with Crippen LogP contribution in [0.15, 0.2) is 29.4 Å². The number of aryl methyl sites for hydroxylation is 1. The van der Waals surface area contributed by atoms with Gasteiger partial charge in [-0.1, -0.05) is 25.0 Å². The molecule has 0 spiro atoms. The SMILES string of the molecule is Cn1ncc2ccc(C3(N=C=O)CCCC3)cc21. The molecule has 18 heavy (non-hydrogen) atoms. The lowest BCUT2D eigenvalue weighted by Crippen LogP contribution is -2.18. The van der Waals surface area contributed by atoms with Gasteiger partial charge in [0, 0.05) is 12.4 Å². The van der Waals surface area contributed by atoms with E-state index >= 15 is 0 Å². The summed E-state index contributed by atoms with van der Waals surface area (Å²) in [7, 11) is 1.93. The number of carbonyl (C=O) groups excluding carboxylic acids is 1. The molecule has 0 radical (unpaired) electrons. The van der Waals surface area contributed by atoms with Crippen LogP contribution in [-0.4, -0.2) is 15.9 Å². The lowest BCUT2D eigenvalue weighted by Gasteiger charge is -2.22. The second kappa shape index (κ2) is 4.07. The Kier molecular flexibility index (Phi) is 2.53. The van der Waals surface area contributed by atoms with Gasteiger partial charge in [-0.3, -0.25) is 4.68 Å². The van der Waals surface area contributed by atoms with Gasteiger partial charge in [-0.15, -0.1) is 0 Å². The smallest absolute Gasteiger partial charge is 0.235 e. The van der Waals surface area contributed by atoms with Crippen molar-refractivity contribution in [2.45, 2.75) is 31.2 Å². The van der Waals surface area contributed by atoms with Gasteiger partial charge >= 0.3 is 0 Å². The van der Waals surface area contributed by atoms with Crippen molar-refractivity contribution in [1.82, 2.24) is 9.78 Å². The summed E-state index contributed by atoms with van der Waals surface area (Å²) < 4.78 is 1.85. The van der Waals surface area contributed by atoms with Gasteiger partial charge in [0.05, 0.1) is 17.3 Å². The predicted molar refractivity (Wildman–Crippen MR) is 69.0 cm³/mol. The van der Waals surface area contributed by atoms with Gasteiger partial charge < -0.3 is 0 Å². The summed E-state index contributed by atoms with van der Waals surface area (Å²) in [6, 6.07) is 6.22. The molecule has 1 fully saturated rings. The van der Waals surface area contributed by atoms with Crippen LogP contribution in [0.1, 0.15) is 31.2 Å². The van der Waals surface area contributed by atoms with E-state index in [2.05, 4.69) is 28.3 Å². The Morgan fingerprint density at radius 2 is 2.17 bits per heavy atom. The fraction of sp³-hybridized carbons (Fsp3) is 0.429. The largest absolute Gasteiger partial charge is 0.268 e. The molecular formula is C14H15N3O. The van der Waals surface area contributed by atoms with Crippen molar-refractivity contribution >= 4 is 17.0 Å². The molecule has 4 nitrogen and oxygen atoms in total. The van der Waals surface area contributed by atoms with Crippen LogP contribution < -0.4 is 0 Å². The highest BCUT2D eigenvalue weighted by molar-refractivity contribution is 5.79. The molecule has 0 amide bonds. The van der Waals surface area contributed by atoms with Crippen molar-refractivity contribution in [2.24, 2.45) is 12.0 Å². The highest BCUT2D eigenvalue weighted by Gasteiger charge is 2.35. The average molecular weight is 241 g/mol. The van der Waals surface area contributed by atoms with E-state index in [4.69, 9.17) is 0 Å². The lowest BCUT2D eigenvalue weighted by molar-refractivity contribution is 0.456. The third-order valence-electron chi connectivity index (χ3n) is 3.98. The summed E-state index contributed by atoms with van der Waals surface area (Å²) in [4.78, 5) is 14.8. The monoisotopic (exact) mass is 241 g/mol. The van der Waals surface area contributed by atoms with Gasteiger partial charge in [-0.2, -0.15) is 10.1 Å². The van der Waals surface area contributed by atoms with Crippen LogP contribution in [0.5, 0.6) is 0 Å². The minimum absolute atomic E-state index is 0.347. The molecule has 1 aromatic carbocycles. The van der Waals surface area contributed by atoms with Crippen molar-refractivity contribution in [2.75, 3.05) is 0 Å². The van der Waals surface area contributed by atoms with Gasteiger partial charge in [-0.25, -0.2) is 4.79 Å². The first-order valence-corrected chi connectivity index (χ1v) is 6.26. The number of fused-ring (bicyclic) bond motifs is 1. The number of rotatable bonds is 2. The van der Waals surface area contributed by atoms with E-state index in [9.17, 15) is 4.79 Å². The number of benzene rings is 1. The van der Waals surface area contributed by atoms with Crippen molar-refractivity contribution in [3.8, 4) is 0 Å². The van der Waals surface area contributed by atoms with Crippen LogP contribution in [0.2, 0.25) is 0 Å². The van der Waals surface area contributed by atoms with Crippen molar-refractivity contribution in [3.05, 3.63) is 30.0 Å². The Bertz CT molecular complexity index is 632. The molecule has 2 aromatic rings. The minimum Gasteiger partial charge on any atom is -0.268 e. The van der Waals surface area contributed by atoms with Crippen LogP contribution in [-0.2, 0) is 17.4 Å². The lowest BCUT2D eigenvalue weighted by atomic mass is 9.88. The Morgan fingerprint density at radius 1 is 1.39 bits per heavy atom. The van der Waals surface area contributed by atoms with E-state index in [1.165, 1.54) is 0 Å². The van der Waals surface area contributed by atoms with Gasteiger partial charge in [0.15, 0.2) is 0 Å². The summed E-state index contributed by atoms with van der Waals surface area (Å²) in [5.41, 5.74) is 1.85. The Balaban J connectivity index is 2.17. The average Bonchev–Trinajstić information content (AvgIpc) is 2.98. The molecule has 1 aliphatic rings. The standard InChI is InChI=1S/C14H15N3O/c1-17-13-8-12(5-4-11(13)9-16-17)14(15-10-18)6-2-3-7-14/h4-5,8-9H,2-3,6-7H2,1H3. The second-order valence-electron chi connectivity index (χ2n) is 4.98. The molecule has 3 rings (SSSR count). The van der Waals surface area contributed by atoms with Crippen LogP contribution in [0, 0.1) is 0 Å². The van der Waals surface area contributed by atoms with Crippen molar-refractivity contribution < 1.29 is 4.79 Å². The summed E-state index contributed by atoms with van der Waals surface area (Å²) >= 11 is 0. The molecule has 0 aliphatic heterocycles. The maximum atomic E-state index is 10.7. The first kappa shape index (κ1) is 11.2. The van der Waals surface area contributed by atoms with Gasteiger partial charge in [0.25, 0.3) is 0 Å². The number of isocyanates is 1. The first-order valence-electron chi connectivity index (χ1n) is 6.26. The predicted octanol–water partition coefficient (Wildman–Crippen LogP) is 2.68. The van der Waals surface area contributed by atoms with E-state index in [-0.39, 0.29) is 5.54 Å². The van der Waals surface area contributed by atoms with Gasteiger partial charge in [0.2, 0.25) is 6.08 Å². The number of hydrogen-bond acceptors (Lipinski definition) is 3. The first-order chi connectivity index (χ1) is 8.75. The molecule has 0 unspecified atom stereocenters. The third kappa shape index (κ3) is 1.57.